The van der Waals surface area contributed by atoms with Gasteiger partial charge in [-0.3, -0.25) is 24.6 Å². The fraction of sp³-hybridized carbons (Fsp3) is 0.0588. The zero-order valence-electron chi connectivity index (χ0n) is 13.4. The first-order valence-electron chi connectivity index (χ1n) is 7.43. The molecule has 2 aromatic carbocycles. The molecule has 7 nitrogen and oxygen atoms in total. The Morgan fingerprint density at radius 1 is 1.15 bits per heavy atom. The summed E-state index contributed by atoms with van der Waals surface area (Å²) in [4.78, 5) is 35.9. The number of carbonyl (C=O) groups is 2. The van der Waals surface area contributed by atoms with Crippen molar-refractivity contribution in [1.82, 2.24) is 4.90 Å². The number of aromatic hydroxyl groups is 1. The van der Waals surface area contributed by atoms with Gasteiger partial charge in [-0.05, 0) is 53.2 Å². The molecule has 1 aliphatic rings. The summed E-state index contributed by atoms with van der Waals surface area (Å²) in [6, 6.07) is 8.48. The lowest BCUT2D eigenvalue weighted by Crippen LogP contribution is -2.27. The Morgan fingerprint density at radius 3 is 2.52 bits per heavy atom. The quantitative estimate of drug-likeness (QED) is 0.427. The van der Waals surface area contributed by atoms with Gasteiger partial charge >= 0.3 is 5.69 Å². The van der Waals surface area contributed by atoms with Crippen molar-refractivity contribution < 1.29 is 19.6 Å². The van der Waals surface area contributed by atoms with Crippen LogP contribution in [0.15, 0.2) is 41.3 Å². The number of hydrogen-bond donors (Lipinski definition) is 1. The number of halogens is 2. The lowest BCUT2D eigenvalue weighted by atomic mass is 10.1. The van der Waals surface area contributed by atoms with Gasteiger partial charge in [0.15, 0.2) is 5.75 Å². The number of phenolic OH excluding ortho intramolecular Hbond substituents is 1. The van der Waals surface area contributed by atoms with Crippen molar-refractivity contribution in [1.29, 1.82) is 0 Å². The molecule has 1 aliphatic heterocycles. The SMILES string of the molecule is O=C1SC(=Cc2ccc([N+](=O)[O-])c(O)c2)C(=O)N1Cc1ccc(Cl)c(Cl)c1. The molecule has 3 rings (SSSR count). The van der Waals surface area contributed by atoms with E-state index in [1.54, 1.807) is 18.2 Å². The van der Waals surface area contributed by atoms with Crippen LogP contribution < -0.4 is 0 Å². The standard InChI is InChI=1S/C17H10Cl2N2O5S/c18-11-3-1-10(5-12(11)19)8-20-16(23)15(27-17(20)24)7-9-2-4-13(21(25)26)14(22)6-9/h1-7,22H,8H2. The first-order chi connectivity index (χ1) is 12.8. The van der Waals surface area contributed by atoms with E-state index in [0.717, 1.165) is 28.8 Å². The summed E-state index contributed by atoms with van der Waals surface area (Å²) in [6.45, 7) is 0.0321. The molecular formula is C17H10Cl2N2O5S. The fourth-order valence-corrected chi connectivity index (χ4v) is 3.55. The topological polar surface area (TPSA) is 101 Å². The maximum atomic E-state index is 12.5. The number of amides is 2. The second-order valence-electron chi connectivity index (χ2n) is 5.52. The third-order valence-corrected chi connectivity index (χ3v) is 5.34. The molecule has 0 spiro atoms. The van der Waals surface area contributed by atoms with Gasteiger partial charge in [0.25, 0.3) is 11.1 Å². The predicted molar refractivity (Wildman–Crippen MR) is 103 cm³/mol. The minimum Gasteiger partial charge on any atom is -0.502 e. The third-order valence-electron chi connectivity index (χ3n) is 3.69. The number of benzene rings is 2. The zero-order chi connectivity index (χ0) is 19.7. The van der Waals surface area contributed by atoms with Gasteiger partial charge in [0.05, 0.1) is 26.4 Å². The molecule has 0 saturated carbocycles. The van der Waals surface area contributed by atoms with Gasteiger partial charge < -0.3 is 5.11 Å². The predicted octanol–water partition coefficient (Wildman–Crippen LogP) is 4.84. The third kappa shape index (κ3) is 4.08. The summed E-state index contributed by atoms with van der Waals surface area (Å²) in [7, 11) is 0. The molecule has 1 N–H and O–H groups in total. The average molecular weight is 425 g/mol. The molecule has 0 atom stereocenters. The van der Waals surface area contributed by atoms with Gasteiger partial charge in [0.1, 0.15) is 0 Å². The van der Waals surface area contributed by atoms with E-state index in [1.165, 1.54) is 12.1 Å². The molecule has 0 aliphatic carbocycles. The van der Waals surface area contributed by atoms with Gasteiger partial charge in [-0.1, -0.05) is 29.3 Å². The molecule has 0 bridgehead atoms. The molecule has 1 heterocycles. The van der Waals surface area contributed by atoms with Crippen LogP contribution in [0.3, 0.4) is 0 Å². The molecule has 1 saturated heterocycles. The van der Waals surface area contributed by atoms with Crippen molar-refractivity contribution >= 4 is 57.9 Å². The van der Waals surface area contributed by atoms with Crippen LogP contribution in [0.25, 0.3) is 6.08 Å². The Hall–Kier alpha value is -2.55. The van der Waals surface area contributed by atoms with Gasteiger partial charge in [-0.25, -0.2) is 0 Å². The summed E-state index contributed by atoms with van der Waals surface area (Å²) < 4.78 is 0. The number of carbonyl (C=O) groups excluding carboxylic acids is 2. The summed E-state index contributed by atoms with van der Waals surface area (Å²) in [6.07, 6.45) is 1.39. The Balaban J connectivity index is 1.83. The molecule has 27 heavy (non-hydrogen) atoms. The molecule has 2 aromatic rings. The fourth-order valence-electron chi connectivity index (χ4n) is 2.39. The van der Waals surface area contributed by atoms with Gasteiger partial charge in [-0.2, -0.15) is 0 Å². The number of hydrogen-bond acceptors (Lipinski definition) is 6. The monoisotopic (exact) mass is 424 g/mol. The van der Waals surface area contributed by atoms with Crippen LogP contribution in [0.1, 0.15) is 11.1 Å². The van der Waals surface area contributed by atoms with E-state index in [1.807, 2.05) is 0 Å². The molecule has 138 valence electrons. The number of nitrogens with zero attached hydrogens (tertiary/aromatic N) is 2. The van der Waals surface area contributed by atoms with Crippen LogP contribution in [-0.4, -0.2) is 26.1 Å². The minimum atomic E-state index is -0.718. The lowest BCUT2D eigenvalue weighted by molar-refractivity contribution is -0.385. The van der Waals surface area contributed by atoms with Gasteiger partial charge in [0, 0.05) is 6.07 Å². The van der Waals surface area contributed by atoms with E-state index in [9.17, 15) is 24.8 Å². The summed E-state index contributed by atoms with van der Waals surface area (Å²) in [5.41, 5.74) is 0.555. The number of nitro groups is 1. The van der Waals surface area contributed by atoms with Crippen molar-refractivity contribution in [3.63, 3.8) is 0 Å². The van der Waals surface area contributed by atoms with Crippen LogP contribution >= 0.6 is 35.0 Å². The van der Waals surface area contributed by atoms with Crippen LogP contribution in [-0.2, 0) is 11.3 Å². The minimum absolute atomic E-state index is 0.0321. The molecule has 0 radical (unpaired) electrons. The van der Waals surface area contributed by atoms with E-state index in [2.05, 4.69) is 0 Å². The summed E-state index contributed by atoms with van der Waals surface area (Å²) >= 11 is 12.5. The molecule has 10 heteroatoms. The van der Waals surface area contributed by atoms with Gasteiger partial charge in [-0.15, -0.1) is 0 Å². The van der Waals surface area contributed by atoms with Crippen molar-refractivity contribution in [3.05, 3.63) is 72.6 Å². The number of rotatable bonds is 4. The normalized spacial score (nSPS) is 15.6. The van der Waals surface area contributed by atoms with Crippen LogP contribution in [0.2, 0.25) is 10.0 Å². The first kappa shape index (κ1) is 19.2. The van der Waals surface area contributed by atoms with Crippen molar-refractivity contribution in [2.45, 2.75) is 6.54 Å². The van der Waals surface area contributed by atoms with Crippen LogP contribution in [0.4, 0.5) is 10.5 Å². The number of thioether (sulfide) groups is 1. The first-order valence-corrected chi connectivity index (χ1v) is 9.00. The van der Waals surface area contributed by atoms with Crippen molar-refractivity contribution in [2.75, 3.05) is 0 Å². The zero-order valence-corrected chi connectivity index (χ0v) is 15.7. The average Bonchev–Trinajstić information content (AvgIpc) is 2.85. The Morgan fingerprint density at radius 2 is 1.89 bits per heavy atom. The highest BCUT2D eigenvalue weighted by molar-refractivity contribution is 8.18. The van der Waals surface area contributed by atoms with Crippen LogP contribution in [0.5, 0.6) is 5.75 Å². The van der Waals surface area contributed by atoms with E-state index in [4.69, 9.17) is 23.2 Å². The van der Waals surface area contributed by atoms with E-state index in [0.29, 0.717) is 21.2 Å². The second-order valence-corrected chi connectivity index (χ2v) is 7.33. The Kier molecular flexibility index (Phi) is 5.41. The van der Waals surface area contributed by atoms with Gasteiger partial charge in [0.2, 0.25) is 0 Å². The van der Waals surface area contributed by atoms with E-state index >= 15 is 0 Å². The molecule has 0 unspecified atom stereocenters. The maximum absolute atomic E-state index is 12.5. The largest absolute Gasteiger partial charge is 0.502 e. The number of imide groups is 1. The lowest BCUT2D eigenvalue weighted by Gasteiger charge is -2.12. The van der Waals surface area contributed by atoms with E-state index in [-0.39, 0.29) is 11.4 Å². The van der Waals surface area contributed by atoms with E-state index < -0.39 is 27.5 Å². The molecular weight excluding hydrogens is 415 g/mol. The molecule has 2 amide bonds. The highest BCUT2D eigenvalue weighted by Gasteiger charge is 2.35. The number of phenols is 1. The summed E-state index contributed by atoms with van der Waals surface area (Å²) in [5, 5.41) is 20.7. The smallest absolute Gasteiger partial charge is 0.310 e. The summed E-state index contributed by atoms with van der Waals surface area (Å²) in [5.74, 6) is -1.03. The van der Waals surface area contributed by atoms with Crippen LogP contribution in [0, 0.1) is 10.1 Å². The molecule has 0 aromatic heterocycles. The maximum Gasteiger partial charge on any atom is 0.310 e. The highest BCUT2D eigenvalue weighted by atomic mass is 35.5. The second kappa shape index (κ2) is 7.59. The van der Waals surface area contributed by atoms with Crippen molar-refractivity contribution in [2.24, 2.45) is 0 Å². The highest BCUT2D eigenvalue weighted by Crippen LogP contribution is 2.35. The molecule has 1 fully saturated rings. The Labute approximate surface area is 167 Å². The number of nitro benzene ring substituents is 1. The van der Waals surface area contributed by atoms with Crippen molar-refractivity contribution in [3.8, 4) is 5.75 Å². The Bertz CT molecular complexity index is 1010.